The van der Waals surface area contributed by atoms with Gasteiger partial charge in [0.25, 0.3) is 0 Å². The molecule has 9 nitrogen and oxygen atoms in total. The molecule has 0 bridgehead atoms. The minimum atomic E-state index is -0.588. The van der Waals surface area contributed by atoms with Crippen LogP contribution in [0.15, 0.2) is 52.6 Å². The van der Waals surface area contributed by atoms with Crippen LogP contribution in [0.2, 0.25) is 0 Å². The number of hydrogen-bond donors (Lipinski definition) is 0. The molecule has 1 aliphatic rings. The summed E-state index contributed by atoms with van der Waals surface area (Å²) in [6.45, 7) is 6.92. The minimum absolute atomic E-state index is 0.168. The molecule has 0 spiro atoms. The molecule has 1 saturated heterocycles. The first-order chi connectivity index (χ1) is 16.2. The van der Waals surface area contributed by atoms with Crippen LogP contribution in [0.4, 0.5) is 16.2 Å². The van der Waals surface area contributed by atoms with Crippen LogP contribution in [-0.4, -0.2) is 49.0 Å². The molecule has 3 rings (SSSR count). The fourth-order valence-electron chi connectivity index (χ4n) is 3.81. The van der Waals surface area contributed by atoms with Gasteiger partial charge in [-0.15, -0.1) is 0 Å². The quantitative estimate of drug-likeness (QED) is 0.170. The molecule has 1 unspecified atom stereocenters. The Balaban J connectivity index is 1.74. The molecule has 9 heteroatoms. The second-order valence-corrected chi connectivity index (χ2v) is 9.04. The van der Waals surface area contributed by atoms with E-state index in [0.29, 0.717) is 24.3 Å². The van der Waals surface area contributed by atoms with Crippen molar-refractivity contribution in [2.24, 2.45) is 10.1 Å². The van der Waals surface area contributed by atoms with Crippen LogP contribution in [0.1, 0.15) is 61.0 Å². The van der Waals surface area contributed by atoms with E-state index < -0.39 is 11.6 Å². The number of amides is 1. The third-order valence-electron chi connectivity index (χ3n) is 5.41. The van der Waals surface area contributed by atoms with Crippen molar-refractivity contribution >= 4 is 29.7 Å². The highest BCUT2D eigenvalue weighted by Gasteiger charge is 2.28. The molecule has 0 aliphatic carbocycles. The van der Waals surface area contributed by atoms with E-state index in [1.54, 1.807) is 23.2 Å². The summed E-state index contributed by atoms with van der Waals surface area (Å²) in [6.07, 6.45) is 3.19. The zero-order valence-electron chi connectivity index (χ0n) is 19.9. The maximum Gasteiger partial charge on any atom is 0.410 e. The maximum absolute atomic E-state index is 12.4. The molecule has 0 saturated carbocycles. The highest BCUT2D eigenvalue weighted by molar-refractivity contribution is 6.00. The van der Waals surface area contributed by atoms with Crippen molar-refractivity contribution in [1.29, 1.82) is 0 Å². The Kier molecular flexibility index (Phi) is 7.91. The van der Waals surface area contributed by atoms with Gasteiger partial charge in [-0.1, -0.05) is 29.4 Å². The molecule has 1 amide bonds. The molecule has 1 fully saturated rings. The largest absolute Gasteiger partial charge is 0.465 e. The average Bonchev–Trinajstić information content (AvgIpc) is 2.82. The Morgan fingerprint density at radius 2 is 1.91 bits per heavy atom. The van der Waals surface area contributed by atoms with Gasteiger partial charge in [0, 0.05) is 35.7 Å². The van der Waals surface area contributed by atoms with Crippen molar-refractivity contribution in [3.63, 3.8) is 0 Å². The summed E-state index contributed by atoms with van der Waals surface area (Å²) in [6, 6.07) is 12.7. The summed E-state index contributed by atoms with van der Waals surface area (Å²) in [5, 5.41) is 3.65. The first-order valence-corrected chi connectivity index (χ1v) is 11.1. The van der Waals surface area contributed by atoms with Gasteiger partial charge in [0.15, 0.2) is 0 Å². The minimum Gasteiger partial charge on any atom is -0.465 e. The van der Waals surface area contributed by atoms with E-state index in [0.717, 1.165) is 18.4 Å². The van der Waals surface area contributed by atoms with E-state index in [9.17, 15) is 9.59 Å². The Morgan fingerprint density at radius 3 is 2.56 bits per heavy atom. The maximum atomic E-state index is 12.4. The number of rotatable bonds is 5. The number of hydrogen-bond acceptors (Lipinski definition) is 6. The molecular formula is C25H29N5O4. The van der Waals surface area contributed by atoms with Crippen LogP contribution in [0.5, 0.6) is 0 Å². The normalized spacial score (nSPS) is 16.1. The molecule has 1 atom stereocenters. The van der Waals surface area contributed by atoms with Crippen molar-refractivity contribution in [3.8, 4) is 0 Å². The highest BCUT2D eigenvalue weighted by atomic mass is 16.6. The predicted molar refractivity (Wildman–Crippen MR) is 130 cm³/mol. The third-order valence-corrected chi connectivity index (χ3v) is 5.41. The van der Waals surface area contributed by atoms with Crippen molar-refractivity contribution < 1.29 is 19.1 Å². The molecule has 0 aromatic heterocycles. The zero-order valence-corrected chi connectivity index (χ0v) is 19.9. The second kappa shape index (κ2) is 10.9. The Labute approximate surface area is 199 Å². The van der Waals surface area contributed by atoms with Gasteiger partial charge < -0.3 is 14.4 Å². The Morgan fingerprint density at radius 1 is 1.18 bits per heavy atom. The molecule has 0 radical (unpaired) electrons. The van der Waals surface area contributed by atoms with Gasteiger partial charge >= 0.3 is 12.1 Å². The number of ether oxygens (including phenoxy) is 2. The van der Waals surface area contributed by atoms with Crippen molar-refractivity contribution in [1.82, 2.24) is 4.90 Å². The van der Waals surface area contributed by atoms with Crippen LogP contribution < -0.4 is 0 Å². The third kappa shape index (κ3) is 6.36. The molecule has 2 aromatic carbocycles. The second-order valence-electron chi connectivity index (χ2n) is 9.04. The number of aliphatic imine (C=N–C) groups is 1. The van der Waals surface area contributed by atoms with E-state index in [-0.39, 0.29) is 23.3 Å². The molecule has 0 N–H and O–H groups in total. The fraction of sp³-hybridized carbons (Fsp3) is 0.400. The van der Waals surface area contributed by atoms with E-state index in [4.69, 9.17) is 15.0 Å². The van der Waals surface area contributed by atoms with Gasteiger partial charge in [0.1, 0.15) is 5.60 Å². The summed E-state index contributed by atoms with van der Waals surface area (Å²) in [5.74, 6) is -0.359. The molecule has 34 heavy (non-hydrogen) atoms. The number of azide groups is 1. The summed E-state index contributed by atoms with van der Waals surface area (Å²) in [4.78, 5) is 33.5. The van der Waals surface area contributed by atoms with Gasteiger partial charge in [-0.25, -0.2) is 9.59 Å². The number of carbonyl (C=O) groups excluding carboxylic acids is 2. The van der Waals surface area contributed by atoms with E-state index in [2.05, 4.69) is 15.0 Å². The smallest absolute Gasteiger partial charge is 0.410 e. The van der Waals surface area contributed by atoms with Crippen LogP contribution in [0.25, 0.3) is 10.4 Å². The SMILES string of the molecule is COC(=O)c1cccc(/C=N/c2ccc(C3CCCN(C(=O)OC(C)(C)C)C3)cc2)c1N=[N+]=[N-]. The van der Waals surface area contributed by atoms with Crippen molar-refractivity contribution in [2.45, 2.75) is 45.1 Å². The first kappa shape index (κ1) is 24.8. The molecule has 2 aromatic rings. The van der Waals surface area contributed by atoms with E-state index >= 15 is 0 Å². The Bertz CT molecular complexity index is 1120. The fourth-order valence-corrected chi connectivity index (χ4v) is 3.81. The van der Waals surface area contributed by atoms with Gasteiger partial charge in [0.2, 0.25) is 0 Å². The number of piperidine rings is 1. The monoisotopic (exact) mass is 463 g/mol. The van der Waals surface area contributed by atoms with Crippen LogP contribution in [-0.2, 0) is 9.47 Å². The lowest BCUT2D eigenvalue weighted by Gasteiger charge is -2.34. The van der Waals surface area contributed by atoms with E-state index in [1.807, 2.05) is 45.0 Å². The van der Waals surface area contributed by atoms with Crippen molar-refractivity contribution in [2.75, 3.05) is 20.2 Å². The van der Waals surface area contributed by atoms with E-state index in [1.165, 1.54) is 13.2 Å². The summed E-state index contributed by atoms with van der Waals surface area (Å²) in [7, 11) is 1.27. The molecule has 178 valence electrons. The topological polar surface area (TPSA) is 117 Å². The number of carbonyl (C=O) groups is 2. The lowest BCUT2D eigenvalue weighted by molar-refractivity contribution is 0.0198. The van der Waals surface area contributed by atoms with Crippen molar-refractivity contribution in [3.05, 3.63) is 69.6 Å². The van der Waals surface area contributed by atoms with Crippen LogP contribution in [0.3, 0.4) is 0 Å². The molecular weight excluding hydrogens is 434 g/mol. The lowest BCUT2D eigenvalue weighted by Crippen LogP contribution is -2.42. The van der Waals surface area contributed by atoms with Crippen LogP contribution >= 0.6 is 0 Å². The molecule has 1 heterocycles. The number of likely N-dealkylation sites (tertiary alicyclic amines) is 1. The Hall–Kier alpha value is -3.84. The number of esters is 1. The standard InChI is InChI=1S/C25H29N5O4/c1-25(2,3)34-24(32)30-14-6-8-19(16-30)17-10-12-20(13-11-17)27-15-18-7-5-9-21(23(31)33-4)22(18)28-29-26/h5,7,9-13,15,19H,6,8,14,16H2,1-4H3/b27-15+. The van der Waals surface area contributed by atoms with Crippen LogP contribution in [0, 0.1) is 0 Å². The average molecular weight is 464 g/mol. The number of methoxy groups -OCH3 is 1. The van der Waals surface area contributed by atoms with Gasteiger partial charge in [-0.2, -0.15) is 0 Å². The predicted octanol–water partition coefficient (Wildman–Crippen LogP) is 6.28. The van der Waals surface area contributed by atoms with Gasteiger partial charge in [-0.05, 0) is 62.9 Å². The first-order valence-electron chi connectivity index (χ1n) is 11.1. The molecule has 1 aliphatic heterocycles. The number of benzene rings is 2. The van der Waals surface area contributed by atoms with Gasteiger partial charge in [-0.3, -0.25) is 4.99 Å². The number of nitrogens with zero attached hydrogens (tertiary/aromatic N) is 5. The summed E-state index contributed by atoms with van der Waals surface area (Å²) >= 11 is 0. The summed E-state index contributed by atoms with van der Waals surface area (Å²) < 4.78 is 10.3. The van der Waals surface area contributed by atoms with Gasteiger partial charge in [0.05, 0.1) is 24.0 Å². The zero-order chi connectivity index (χ0) is 24.7. The highest BCUT2D eigenvalue weighted by Crippen LogP contribution is 2.30. The summed E-state index contributed by atoms with van der Waals surface area (Å²) in [5.41, 5.74) is 11.1. The lowest BCUT2D eigenvalue weighted by atomic mass is 9.91.